The molecule has 1 N–H and O–H groups in total. The number of aryl methyl sites for hydroxylation is 1. The van der Waals surface area contributed by atoms with Crippen molar-refractivity contribution in [1.29, 1.82) is 0 Å². The van der Waals surface area contributed by atoms with E-state index >= 15 is 0 Å². The van der Waals surface area contributed by atoms with Crippen molar-refractivity contribution in [2.75, 3.05) is 12.4 Å². The lowest BCUT2D eigenvalue weighted by molar-refractivity contribution is 0.199. The summed E-state index contributed by atoms with van der Waals surface area (Å²) in [6, 6.07) is 0. The van der Waals surface area contributed by atoms with E-state index in [1.54, 1.807) is 0 Å². The summed E-state index contributed by atoms with van der Waals surface area (Å²) in [4.78, 5) is 8.63. The lowest BCUT2D eigenvalue weighted by atomic mass is 10.2. The van der Waals surface area contributed by atoms with Crippen molar-refractivity contribution >= 4 is 5.82 Å². The molecule has 0 bridgehead atoms. The van der Waals surface area contributed by atoms with Crippen LogP contribution in [-0.2, 0) is 0 Å². The molecule has 16 heavy (non-hydrogen) atoms. The zero-order valence-electron chi connectivity index (χ0n) is 10.8. The van der Waals surface area contributed by atoms with Crippen molar-refractivity contribution in [2.45, 2.75) is 46.6 Å². The van der Waals surface area contributed by atoms with Gasteiger partial charge in [-0.1, -0.05) is 13.3 Å². The maximum Gasteiger partial charge on any atom is 0.222 e. The molecule has 1 heterocycles. The monoisotopic (exact) mass is 223 g/mol. The zero-order valence-corrected chi connectivity index (χ0v) is 10.8. The fourth-order valence-electron chi connectivity index (χ4n) is 1.62. The Balaban J connectivity index is 2.90. The number of aromatic nitrogens is 2. The van der Waals surface area contributed by atoms with Gasteiger partial charge in [0.15, 0.2) is 0 Å². The molecule has 0 aliphatic rings. The number of anilines is 1. The van der Waals surface area contributed by atoms with Gasteiger partial charge in [0.25, 0.3) is 0 Å². The molecule has 90 valence electrons. The van der Waals surface area contributed by atoms with Gasteiger partial charge in [0.2, 0.25) is 5.88 Å². The van der Waals surface area contributed by atoms with Crippen LogP contribution in [0.15, 0.2) is 0 Å². The molecule has 0 spiro atoms. The standard InChI is InChI=1S/C12H21N3O/c1-6-7-8(2)16-12-9(3)11(13-5)14-10(4)15-12/h8H,6-7H2,1-5H3,(H,13,14,15). The molecule has 0 saturated heterocycles. The highest BCUT2D eigenvalue weighted by Gasteiger charge is 2.11. The Kier molecular flexibility index (Phi) is 4.52. The molecule has 1 rings (SSSR count). The topological polar surface area (TPSA) is 47.0 Å². The van der Waals surface area contributed by atoms with Gasteiger partial charge in [0.05, 0.1) is 11.7 Å². The zero-order chi connectivity index (χ0) is 12.1. The van der Waals surface area contributed by atoms with Crippen molar-refractivity contribution in [3.63, 3.8) is 0 Å². The van der Waals surface area contributed by atoms with Crippen molar-refractivity contribution < 1.29 is 4.74 Å². The van der Waals surface area contributed by atoms with Gasteiger partial charge < -0.3 is 10.1 Å². The lowest BCUT2D eigenvalue weighted by Gasteiger charge is -2.16. The molecular formula is C12H21N3O. The van der Waals surface area contributed by atoms with Gasteiger partial charge in [-0.15, -0.1) is 0 Å². The summed E-state index contributed by atoms with van der Waals surface area (Å²) >= 11 is 0. The summed E-state index contributed by atoms with van der Waals surface area (Å²) in [5, 5.41) is 3.05. The van der Waals surface area contributed by atoms with E-state index in [0.717, 1.165) is 30.0 Å². The molecule has 0 fully saturated rings. The van der Waals surface area contributed by atoms with E-state index in [-0.39, 0.29) is 6.10 Å². The molecular weight excluding hydrogens is 202 g/mol. The molecule has 1 atom stereocenters. The fraction of sp³-hybridized carbons (Fsp3) is 0.667. The van der Waals surface area contributed by atoms with Crippen LogP contribution < -0.4 is 10.1 Å². The van der Waals surface area contributed by atoms with Crippen LogP contribution in [-0.4, -0.2) is 23.1 Å². The van der Waals surface area contributed by atoms with Gasteiger partial charge >= 0.3 is 0 Å². The normalized spacial score (nSPS) is 12.3. The van der Waals surface area contributed by atoms with Crippen LogP contribution in [0.1, 0.15) is 38.1 Å². The predicted molar refractivity (Wildman–Crippen MR) is 66.1 cm³/mol. The fourth-order valence-corrected chi connectivity index (χ4v) is 1.62. The Morgan fingerprint density at radius 3 is 2.56 bits per heavy atom. The number of nitrogens with zero attached hydrogens (tertiary/aromatic N) is 2. The summed E-state index contributed by atoms with van der Waals surface area (Å²) in [5.41, 5.74) is 0.969. The third-order valence-corrected chi connectivity index (χ3v) is 2.46. The first-order valence-electron chi connectivity index (χ1n) is 5.78. The Bertz CT molecular complexity index is 352. The number of ether oxygens (including phenoxy) is 1. The highest BCUT2D eigenvalue weighted by atomic mass is 16.5. The Hall–Kier alpha value is -1.32. The van der Waals surface area contributed by atoms with Crippen LogP contribution in [0.4, 0.5) is 5.82 Å². The van der Waals surface area contributed by atoms with Crippen LogP contribution in [0.2, 0.25) is 0 Å². The smallest absolute Gasteiger partial charge is 0.222 e. The van der Waals surface area contributed by atoms with Gasteiger partial charge in [0, 0.05) is 7.05 Å². The summed E-state index contributed by atoms with van der Waals surface area (Å²) < 4.78 is 5.82. The maximum absolute atomic E-state index is 5.82. The minimum Gasteiger partial charge on any atom is -0.474 e. The average molecular weight is 223 g/mol. The minimum absolute atomic E-state index is 0.197. The molecule has 0 radical (unpaired) electrons. The first kappa shape index (κ1) is 12.7. The highest BCUT2D eigenvalue weighted by molar-refractivity contribution is 5.47. The molecule has 1 unspecified atom stereocenters. The van der Waals surface area contributed by atoms with Crippen LogP contribution in [0, 0.1) is 13.8 Å². The summed E-state index contributed by atoms with van der Waals surface area (Å²) in [7, 11) is 1.86. The number of rotatable bonds is 5. The van der Waals surface area contributed by atoms with Crippen molar-refractivity contribution in [2.24, 2.45) is 0 Å². The first-order valence-corrected chi connectivity index (χ1v) is 5.78. The largest absolute Gasteiger partial charge is 0.474 e. The summed E-state index contributed by atoms with van der Waals surface area (Å²) in [5.74, 6) is 2.26. The van der Waals surface area contributed by atoms with Gasteiger partial charge in [0.1, 0.15) is 11.6 Å². The molecule has 4 heteroatoms. The van der Waals surface area contributed by atoms with E-state index in [1.807, 2.05) is 20.9 Å². The van der Waals surface area contributed by atoms with Gasteiger partial charge in [-0.3, -0.25) is 0 Å². The van der Waals surface area contributed by atoms with E-state index in [2.05, 4.69) is 29.1 Å². The number of hydrogen-bond donors (Lipinski definition) is 1. The maximum atomic E-state index is 5.82. The number of hydrogen-bond acceptors (Lipinski definition) is 4. The number of nitrogens with one attached hydrogen (secondary N) is 1. The van der Waals surface area contributed by atoms with Crippen LogP contribution >= 0.6 is 0 Å². The molecule has 1 aromatic rings. The molecule has 0 amide bonds. The molecule has 1 aromatic heterocycles. The Morgan fingerprint density at radius 2 is 2.00 bits per heavy atom. The second-order valence-corrected chi connectivity index (χ2v) is 4.02. The van der Waals surface area contributed by atoms with Crippen LogP contribution in [0.3, 0.4) is 0 Å². The second-order valence-electron chi connectivity index (χ2n) is 4.02. The van der Waals surface area contributed by atoms with E-state index in [4.69, 9.17) is 4.74 Å². The third kappa shape index (κ3) is 3.08. The predicted octanol–water partition coefficient (Wildman–Crippen LogP) is 2.70. The molecule has 0 aromatic carbocycles. The summed E-state index contributed by atoms with van der Waals surface area (Å²) in [6.07, 6.45) is 2.35. The second kappa shape index (κ2) is 5.68. The van der Waals surface area contributed by atoms with Crippen molar-refractivity contribution in [3.05, 3.63) is 11.4 Å². The van der Waals surface area contributed by atoms with Gasteiger partial charge in [-0.25, -0.2) is 4.98 Å². The minimum atomic E-state index is 0.197. The molecule has 4 nitrogen and oxygen atoms in total. The van der Waals surface area contributed by atoms with Crippen LogP contribution in [0.5, 0.6) is 5.88 Å². The Labute approximate surface area is 97.5 Å². The first-order chi connectivity index (χ1) is 7.58. The van der Waals surface area contributed by atoms with Crippen LogP contribution in [0.25, 0.3) is 0 Å². The van der Waals surface area contributed by atoms with E-state index in [1.165, 1.54) is 0 Å². The summed E-state index contributed by atoms with van der Waals surface area (Å²) in [6.45, 7) is 8.06. The van der Waals surface area contributed by atoms with Crippen molar-refractivity contribution in [1.82, 2.24) is 9.97 Å². The van der Waals surface area contributed by atoms with Gasteiger partial charge in [-0.2, -0.15) is 4.98 Å². The van der Waals surface area contributed by atoms with E-state index < -0.39 is 0 Å². The van der Waals surface area contributed by atoms with E-state index in [9.17, 15) is 0 Å². The SMILES string of the molecule is CCCC(C)Oc1nc(C)nc(NC)c1C. The highest BCUT2D eigenvalue weighted by Crippen LogP contribution is 2.23. The third-order valence-electron chi connectivity index (χ3n) is 2.46. The van der Waals surface area contributed by atoms with E-state index in [0.29, 0.717) is 5.88 Å². The molecule has 0 aliphatic heterocycles. The quantitative estimate of drug-likeness (QED) is 0.833. The molecule has 0 aliphatic carbocycles. The molecule has 0 saturated carbocycles. The average Bonchev–Trinajstić information content (AvgIpc) is 2.23. The lowest BCUT2D eigenvalue weighted by Crippen LogP contribution is -2.14. The Morgan fingerprint density at radius 1 is 1.31 bits per heavy atom. The van der Waals surface area contributed by atoms with Crippen molar-refractivity contribution in [3.8, 4) is 5.88 Å². The van der Waals surface area contributed by atoms with Gasteiger partial charge in [-0.05, 0) is 27.2 Å².